The van der Waals surface area contributed by atoms with Crippen LogP contribution in [0, 0.1) is 5.92 Å². The zero-order valence-electron chi connectivity index (χ0n) is 15.6. The summed E-state index contributed by atoms with van der Waals surface area (Å²) in [6, 6.07) is 10.7. The van der Waals surface area contributed by atoms with E-state index in [0.29, 0.717) is 6.04 Å². The van der Waals surface area contributed by atoms with E-state index in [2.05, 4.69) is 23.8 Å². The molecular weight excluding hydrogens is 310 g/mol. The number of likely N-dealkylation sites (tertiary alicyclic amines) is 1. The Morgan fingerprint density at radius 1 is 1.12 bits per heavy atom. The first-order valence-electron chi connectivity index (χ1n) is 9.56. The molecule has 0 aromatic heterocycles. The van der Waals surface area contributed by atoms with Gasteiger partial charge in [0.2, 0.25) is 5.91 Å². The van der Waals surface area contributed by atoms with Gasteiger partial charge in [-0.2, -0.15) is 0 Å². The number of carbonyl (C=O) groups excluding carboxylic acids is 1. The lowest BCUT2D eigenvalue weighted by Crippen LogP contribution is -2.52. The molecule has 4 heteroatoms. The lowest BCUT2D eigenvalue weighted by Gasteiger charge is -2.41. The summed E-state index contributed by atoms with van der Waals surface area (Å²) < 4.78 is 0. The summed E-state index contributed by atoms with van der Waals surface area (Å²) in [6.07, 6.45) is 5.90. The molecule has 0 N–H and O–H groups in total. The van der Waals surface area contributed by atoms with Crippen molar-refractivity contribution in [2.45, 2.75) is 25.8 Å². The van der Waals surface area contributed by atoms with Crippen molar-refractivity contribution >= 4 is 12.0 Å². The second-order valence-corrected chi connectivity index (χ2v) is 7.62. The molecule has 3 rings (SSSR count). The lowest BCUT2D eigenvalue weighted by atomic mass is 9.95. The van der Waals surface area contributed by atoms with Crippen LogP contribution >= 0.6 is 0 Å². The Morgan fingerprint density at radius 2 is 1.84 bits per heavy atom. The van der Waals surface area contributed by atoms with Crippen molar-refractivity contribution in [2.24, 2.45) is 5.92 Å². The van der Waals surface area contributed by atoms with Gasteiger partial charge in [-0.1, -0.05) is 30.3 Å². The molecule has 1 atom stereocenters. The summed E-state index contributed by atoms with van der Waals surface area (Å²) in [5, 5.41) is 0. The Balaban J connectivity index is 1.44. The van der Waals surface area contributed by atoms with Gasteiger partial charge in [-0.3, -0.25) is 9.69 Å². The summed E-state index contributed by atoms with van der Waals surface area (Å²) >= 11 is 0. The average molecular weight is 341 g/mol. The van der Waals surface area contributed by atoms with Gasteiger partial charge in [0.1, 0.15) is 0 Å². The minimum absolute atomic E-state index is 0.148. The molecule has 1 aromatic carbocycles. The van der Waals surface area contributed by atoms with E-state index in [-0.39, 0.29) is 5.91 Å². The predicted octanol–water partition coefficient (Wildman–Crippen LogP) is 2.57. The molecule has 0 bridgehead atoms. The monoisotopic (exact) mass is 341 g/mol. The van der Waals surface area contributed by atoms with E-state index in [1.165, 1.54) is 26.2 Å². The summed E-state index contributed by atoms with van der Waals surface area (Å²) in [5.41, 5.74) is 1.08. The molecule has 0 radical (unpaired) electrons. The normalized spacial score (nSPS) is 24.1. The number of piperazine rings is 1. The fourth-order valence-corrected chi connectivity index (χ4v) is 3.95. The van der Waals surface area contributed by atoms with Crippen molar-refractivity contribution < 1.29 is 4.79 Å². The van der Waals surface area contributed by atoms with Crippen molar-refractivity contribution in [1.29, 1.82) is 0 Å². The Labute approximate surface area is 152 Å². The minimum atomic E-state index is 0.148. The molecule has 2 aliphatic rings. The molecule has 2 fully saturated rings. The molecule has 2 aliphatic heterocycles. The van der Waals surface area contributed by atoms with Crippen LogP contribution in [0.2, 0.25) is 0 Å². The molecule has 1 amide bonds. The third-order valence-corrected chi connectivity index (χ3v) is 5.61. The fraction of sp³-hybridized carbons (Fsp3) is 0.571. The van der Waals surface area contributed by atoms with Gasteiger partial charge in [-0.05, 0) is 44.4 Å². The number of hydrogen-bond acceptors (Lipinski definition) is 3. The predicted molar refractivity (Wildman–Crippen MR) is 103 cm³/mol. The smallest absolute Gasteiger partial charge is 0.246 e. The van der Waals surface area contributed by atoms with Gasteiger partial charge in [-0.15, -0.1) is 0 Å². The van der Waals surface area contributed by atoms with E-state index in [9.17, 15) is 4.79 Å². The van der Waals surface area contributed by atoms with Gasteiger partial charge >= 0.3 is 0 Å². The summed E-state index contributed by atoms with van der Waals surface area (Å²) in [4.78, 5) is 19.4. The van der Waals surface area contributed by atoms with Crippen LogP contribution in [0.5, 0.6) is 0 Å². The SMILES string of the molecule is C[C@@H]1CN(C)CCN1CC1CCN(C(=O)/C=C/c2ccccc2)CC1. The zero-order valence-corrected chi connectivity index (χ0v) is 15.6. The molecule has 2 heterocycles. The highest BCUT2D eigenvalue weighted by Crippen LogP contribution is 2.21. The number of piperidine rings is 1. The number of amides is 1. The van der Waals surface area contributed by atoms with Crippen LogP contribution in [0.4, 0.5) is 0 Å². The maximum atomic E-state index is 12.4. The first kappa shape index (κ1) is 18.2. The molecule has 136 valence electrons. The topological polar surface area (TPSA) is 26.8 Å². The van der Waals surface area contributed by atoms with Crippen molar-refractivity contribution in [1.82, 2.24) is 14.7 Å². The molecule has 0 saturated carbocycles. The van der Waals surface area contributed by atoms with Crippen molar-refractivity contribution in [3.05, 3.63) is 42.0 Å². The molecule has 2 saturated heterocycles. The highest BCUT2D eigenvalue weighted by Gasteiger charge is 2.27. The van der Waals surface area contributed by atoms with E-state index >= 15 is 0 Å². The van der Waals surface area contributed by atoms with Crippen LogP contribution < -0.4 is 0 Å². The van der Waals surface area contributed by atoms with Crippen molar-refractivity contribution in [3.63, 3.8) is 0 Å². The van der Waals surface area contributed by atoms with E-state index in [4.69, 9.17) is 0 Å². The fourth-order valence-electron chi connectivity index (χ4n) is 3.95. The molecule has 25 heavy (non-hydrogen) atoms. The average Bonchev–Trinajstić information content (AvgIpc) is 2.63. The third-order valence-electron chi connectivity index (χ3n) is 5.61. The van der Waals surface area contributed by atoms with E-state index < -0.39 is 0 Å². The highest BCUT2D eigenvalue weighted by molar-refractivity contribution is 5.91. The van der Waals surface area contributed by atoms with E-state index in [1.807, 2.05) is 41.3 Å². The Hall–Kier alpha value is -1.65. The van der Waals surface area contributed by atoms with Gasteiger partial charge in [-0.25, -0.2) is 0 Å². The Kier molecular flexibility index (Phi) is 6.27. The van der Waals surface area contributed by atoms with Crippen molar-refractivity contribution in [3.8, 4) is 0 Å². The van der Waals surface area contributed by atoms with Gasteiger partial charge < -0.3 is 9.80 Å². The van der Waals surface area contributed by atoms with Crippen LogP contribution in [0.15, 0.2) is 36.4 Å². The number of rotatable bonds is 4. The van der Waals surface area contributed by atoms with Crippen LogP contribution in [0.25, 0.3) is 6.08 Å². The number of benzene rings is 1. The molecule has 0 aliphatic carbocycles. The van der Waals surface area contributed by atoms with Crippen LogP contribution in [0.1, 0.15) is 25.3 Å². The summed E-state index contributed by atoms with van der Waals surface area (Å²) in [6.45, 7) is 8.83. The number of carbonyl (C=O) groups is 1. The maximum Gasteiger partial charge on any atom is 0.246 e. The molecule has 4 nitrogen and oxygen atoms in total. The van der Waals surface area contributed by atoms with E-state index in [0.717, 1.165) is 37.4 Å². The standard InChI is InChI=1S/C21H31N3O/c1-18-16-22(2)14-15-24(18)17-20-10-12-23(13-11-20)21(25)9-8-19-6-4-3-5-7-19/h3-9,18,20H,10-17H2,1-2H3/b9-8+/t18-/m1/s1. The van der Waals surface area contributed by atoms with Gasteiger partial charge in [0, 0.05) is 51.4 Å². The largest absolute Gasteiger partial charge is 0.339 e. The highest BCUT2D eigenvalue weighted by atomic mass is 16.2. The van der Waals surface area contributed by atoms with Gasteiger partial charge in [0.25, 0.3) is 0 Å². The van der Waals surface area contributed by atoms with Crippen LogP contribution in [-0.4, -0.2) is 73.0 Å². The Bertz CT molecular complexity index is 578. The summed E-state index contributed by atoms with van der Waals surface area (Å²) in [7, 11) is 2.21. The quantitative estimate of drug-likeness (QED) is 0.788. The molecule has 1 aromatic rings. The third kappa shape index (κ3) is 5.16. The molecular formula is C21H31N3O. The number of likely N-dealkylation sites (N-methyl/N-ethyl adjacent to an activating group) is 1. The first-order valence-corrected chi connectivity index (χ1v) is 9.56. The van der Waals surface area contributed by atoms with Gasteiger partial charge in [0.05, 0.1) is 0 Å². The Morgan fingerprint density at radius 3 is 2.52 bits per heavy atom. The first-order chi connectivity index (χ1) is 12.1. The van der Waals surface area contributed by atoms with Gasteiger partial charge in [0.15, 0.2) is 0 Å². The maximum absolute atomic E-state index is 12.4. The number of nitrogens with zero attached hydrogens (tertiary/aromatic N) is 3. The summed E-state index contributed by atoms with van der Waals surface area (Å²) in [5.74, 6) is 0.878. The van der Waals surface area contributed by atoms with Crippen LogP contribution in [0.3, 0.4) is 0 Å². The molecule has 0 spiro atoms. The minimum Gasteiger partial charge on any atom is -0.339 e. The van der Waals surface area contributed by atoms with Crippen LogP contribution in [-0.2, 0) is 4.79 Å². The number of hydrogen-bond donors (Lipinski definition) is 0. The lowest BCUT2D eigenvalue weighted by molar-refractivity contribution is -0.127. The van der Waals surface area contributed by atoms with E-state index in [1.54, 1.807) is 6.08 Å². The second kappa shape index (κ2) is 8.63. The van der Waals surface area contributed by atoms with Crippen molar-refractivity contribution in [2.75, 3.05) is 46.3 Å². The zero-order chi connectivity index (χ0) is 17.6. The molecule has 0 unspecified atom stereocenters. The second-order valence-electron chi connectivity index (χ2n) is 7.62.